The topological polar surface area (TPSA) is 86.7 Å². The molecular weight excluding hydrogens is 268 g/mol. The lowest BCUT2D eigenvalue weighted by atomic mass is 9.90. The van der Waals surface area contributed by atoms with Gasteiger partial charge >= 0.3 is 12.0 Å². The molecule has 2 amide bonds. The summed E-state index contributed by atoms with van der Waals surface area (Å²) in [7, 11) is -0.864. The third kappa shape index (κ3) is 4.49. The van der Waals surface area contributed by atoms with Gasteiger partial charge in [-0.1, -0.05) is 0 Å². The summed E-state index contributed by atoms with van der Waals surface area (Å²) in [5.41, 5.74) is -0.842. The summed E-state index contributed by atoms with van der Waals surface area (Å²) >= 11 is 0. The van der Waals surface area contributed by atoms with E-state index in [1.807, 2.05) is 6.92 Å². The van der Waals surface area contributed by atoms with Crippen LogP contribution in [0.2, 0.25) is 0 Å². The van der Waals surface area contributed by atoms with Crippen molar-refractivity contribution in [2.24, 2.45) is 5.41 Å². The minimum absolute atomic E-state index is 0.0620. The first kappa shape index (κ1) is 15.9. The maximum Gasteiger partial charge on any atom is 0.317 e. The molecule has 19 heavy (non-hydrogen) atoms. The van der Waals surface area contributed by atoms with Crippen LogP contribution in [0, 0.1) is 5.41 Å². The maximum atomic E-state index is 12.0. The predicted octanol–water partition coefficient (Wildman–Crippen LogP) is 0.650. The number of hydrogen-bond donors (Lipinski definition) is 2. The lowest BCUT2D eigenvalue weighted by molar-refractivity contribution is -0.146. The molecule has 7 heteroatoms. The van der Waals surface area contributed by atoms with E-state index in [1.165, 1.54) is 4.90 Å². The number of likely N-dealkylation sites (tertiary alicyclic amines) is 1. The number of aliphatic carboxylic acids is 1. The molecular formula is C12H22N2O4S. The molecule has 1 heterocycles. The summed E-state index contributed by atoms with van der Waals surface area (Å²) < 4.78 is 11.0. The van der Waals surface area contributed by atoms with Crippen molar-refractivity contribution in [1.29, 1.82) is 0 Å². The molecule has 0 saturated carbocycles. The summed E-state index contributed by atoms with van der Waals surface area (Å²) in [5, 5.41) is 11.9. The van der Waals surface area contributed by atoms with E-state index in [-0.39, 0.29) is 18.6 Å². The number of hydrogen-bond acceptors (Lipinski definition) is 3. The second-order valence-electron chi connectivity index (χ2n) is 5.45. The van der Waals surface area contributed by atoms with Crippen LogP contribution in [0.4, 0.5) is 4.79 Å². The third-order valence-corrected chi connectivity index (χ3v) is 4.30. The zero-order chi connectivity index (χ0) is 14.6. The number of carbonyl (C=O) groups excluding carboxylic acids is 1. The van der Waals surface area contributed by atoms with Crippen molar-refractivity contribution in [3.63, 3.8) is 0 Å². The molecule has 0 aromatic rings. The highest BCUT2D eigenvalue weighted by atomic mass is 32.2. The predicted molar refractivity (Wildman–Crippen MR) is 73.5 cm³/mol. The van der Waals surface area contributed by atoms with E-state index < -0.39 is 22.2 Å². The molecule has 0 bridgehead atoms. The average Bonchev–Trinajstić information content (AvgIpc) is 2.71. The van der Waals surface area contributed by atoms with Gasteiger partial charge in [-0.05, 0) is 26.7 Å². The largest absolute Gasteiger partial charge is 0.481 e. The number of carboxylic acid groups (broad SMARTS) is 1. The molecule has 1 rings (SSSR count). The molecule has 0 aromatic carbocycles. The van der Waals surface area contributed by atoms with E-state index in [0.717, 1.165) is 0 Å². The van der Waals surface area contributed by atoms with Gasteiger partial charge in [0.1, 0.15) is 0 Å². The highest BCUT2D eigenvalue weighted by Gasteiger charge is 2.42. The normalized spacial score (nSPS) is 25.9. The van der Waals surface area contributed by atoms with Crippen LogP contribution in [-0.2, 0) is 15.6 Å². The minimum Gasteiger partial charge on any atom is -0.481 e. The first-order valence-electron chi connectivity index (χ1n) is 6.33. The van der Waals surface area contributed by atoms with Crippen LogP contribution >= 0.6 is 0 Å². The Morgan fingerprint density at radius 2 is 2.16 bits per heavy atom. The first-order chi connectivity index (χ1) is 8.74. The van der Waals surface area contributed by atoms with Crippen LogP contribution in [0.25, 0.3) is 0 Å². The van der Waals surface area contributed by atoms with Gasteiger partial charge in [0.05, 0.1) is 5.41 Å². The Kier molecular flexibility index (Phi) is 5.34. The van der Waals surface area contributed by atoms with E-state index in [9.17, 15) is 13.8 Å². The lowest BCUT2D eigenvalue weighted by Gasteiger charge is -2.22. The number of rotatable bonds is 5. The summed E-state index contributed by atoms with van der Waals surface area (Å²) in [6.07, 6.45) is 2.76. The number of nitrogens with zero attached hydrogens (tertiary/aromatic N) is 1. The van der Waals surface area contributed by atoms with Gasteiger partial charge in [-0.15, -0.1) is 0 Å². The van der Waals surface area contributed by atoms with Crippen molar-refractivity contribution >= 4 is 22.8 Å². The zero-order valence-electron chi connectivity index (χ0n) is 11.6. The molecule has 1 saturated heterocycles. The number of carboxylic acids is 1. The van der Waals surface area contributed by atoms with Crippen molar-refractivity contribution in [3.8, 4) is 0 Å². The number of nitrogens with one attached hydrogen (secondary N) is 1. The van der Waals surface area contributed by atoms with Crippen LogP contribution in [0.1, 0.15) is 26.7 Å². The van der Waals surface area contributed by atoms with Crippen molar-refractivity contribution < 1.29 is 18.9 Å². The quantitative estimate of drug-likeness (QED) is 0.778. The lowest BCUT2D eigenvalue weighted by Crippen LogP contribution is -2.44. The fourth-order valence-electron chi connectivity index (χ4n) is 2.03. The molecule has 6 nitrogen and oxygen atoms in total. The van der Waals surface area contributed by atoms with Crippen molar-refractivity contribution in [2.75, 3.05) is 25.1 Å². The Labute approximate surface area is 116 Å². The molecule has 1 aliphatic rings. The van der Waals surface area contributed by atoms with Gasteiger partial charge in [0.25, 0.3) is 0 Å². The Hall–Kier alpha value is -1.11. The maximum absolute atomic E-state index is 12.0. The molecule has 3 unspecified atom stereocenters. The van der Waals surface area contributed by atoms with Gasteiger partial charge in [-0.3, -0.25) is 9.00 Å². The Morgan fingerprint density at radius 3 is 2.63 bits per heavy atom. The molecule has 0 aliphatic carbocycles. The molecule has 2 N–H and O–H groups in total. The fourth-order valence-corrected chi connectivity index (χ4v) is 2.71. The van der Waals surface area contributed by atoms with Gasteiger partial charge in [0.15, 0.2) is 0 Å². The van der Waals surface area contributed by atoms with E-state index in [4.69, 9.17) is 5.11 Å². The van der Waals surface area contributed by atoms with Crippen LogP contribution in [0.5, 0.6) is 0 Å². The second kappa shape index (κ2) is 6.36. The molecule has 1 aliphatic heterocycles. The van der Waals surface area contributed by atoms with Gasteiger partial charge < -0.3 is 15.3 Å². The van der Waals surface area contributed by atoms with Crippen molar-refractivity contribution in [1.82, 2.24) is 10.2 Å². The molecule has 0 radical (unpaired) electrons. The summed E-state index contributed by atoms with van der Waals surface area (Å²) in [6, 6.07) is -0.299. The highest BCUT2D eigenvalue weighted by Crippen LogP contribution is 2.29. The van der Waals surface area contributed by atoms with Gasteiger partial charge in [-0.2, -0.15) is 0 Å². The van der Waals surface area contributed by atoms with Crippen LogP contribution in [0.15, 0.2) is 0 Å². The Bertz CT molecular complexity index is 388. The molecule has 110 valence electrons. The standard InChI is InChI=1S/C12H22N2O4S/c1-9(4-7-19(3)18)13-11(17)14-6-5-12(2,8-14)10(15)16/h9H,4-8H2,1-3H3,(H,13,17)(H,15,16). The Morgan fingerprint density at radius 1 is 1.53 bits per heavy atom. The van der Waals surface area contributed by atoms with E-state index in [2.05, 4.69) is 5.32 Å². The average molecular weight is 290 g/mol. The van der Waals surface area contributed by atoms with Gasteiger partial charge in [-0.25, -0.2) is 4.79 Å². The molecule has 3 atom stereocenters. The minimum atomic E-state index is -0.864. The van der Waals surface area contributed by atoms with Crippen LogP contribution in [0.3, 0.4) is 0 Å². The number of carbonyl (C=O) groups is 2. The van der Waals surface area contributed by atoms with Crippen molar-refractivity contribution in [2.45, 2.75) is 32.7 Å². The molecule has 0 spiro atoms. The summed E-state index contributed by atoms with van der Waals surface area (Å²) in [6.45, 7) is 4.21. The first-order valence-corrected chi connectivity index (χ1v) is 8.06. The summed E-state index contributed by atoms with van der Waals surface area (Å²) in [5.74, 6) is -0.314. The van der Waals surface area contributed by atoms with E-state index in [0.29, 0.717) is 25.1 Å². The Balaban J connectivity index is 2.43. The fraction of sp³-hybridized carbons (Fsp3) is 0.833. The number of amides is 2. The highest BCUT2D eigenvalue weighted by molar-refractivity contribution is 7.84. The van der Waals surface area contributed by atoms with Crippen LogP contribution < -0.4 is 5.32 Å². The van der Waals surface area contributed by atoms with Gasteiger partial charge in [0, 0.05) is 41.9 Å². The second-order valence-corrected chi connectivity index (χ2v) is 7.01. The van der Waals surface area contributed by atoms with Crippen LogP contribution in [-0.4, -0.2) is 57.4 Å². The summed E-state index contributed by atoms with van der Waals surface area (Å²) in [4.78, 5) is 24.6. The molecule has 1 fully saturated rings. The zero-order valence-corrected chi connectivity index (χ0v) is 12.5. The SMILES string of the molecule is CC(CCS(C)=O)NC(=O)N1CCC(C)(C(=O)O)C1. The van der Waals surface area contributed by atoms with E-state index in [1.54, 1.807) is 13.2 Å². The monoisotopic (exact) mass is 290 g/mol. The molecule has 0 aromatic heterocycles. The third-order valence-electron chi connectivity index (χ3n) is 3.49. The smallest absolute Gasteiger partial charge is 0.317 e. The number of urea groups is 1. The van der Waals surface area contributed by atoms with E-state index >= 15 is 0 Å². The van der Waals surface area contributed by atoms with Gasteiger partial charge in [0.2, 0.25) is 0 Å². The van der Waals surface area contributed by atoms with Crippen molar-refractivity contribution in [3.05, 3.63) is 0 Å².